The molecular weight excluding hydrogens is 310 g/mol. The maximum absolute atomic E-state index is 13.0. The van der Waals surface area contributed by atoms with Crippen molar-refractivity contribution >= 4 is 17.3 Å². The minimum absolute atomic E-state index is 0.00796. The number of pyridine rings is 1. The molecule has 0 bridgehead atoms. The van der Waals surface area contributed by atoms with Crippen molar-refractivity contribution in [2.75, 3.05) is 10.2 Å². The number of carbonyl (C=O) groups excluding carboxylic acids is 1. The molecule has 124 valence electrons. The Bertz CT molecular complexity index is 937. The maximum Gasteiger partial charge on any atom is 0.260 e. The summed E-state index contributed by atoms with van der Waals surface area (Å²) in [5, 5.41) is 3.56. The van der Waals surface area contributed by atoms with Gasteiger partial charge in [-0.05, 0) is 49.2 Å². The number of hydrogen-bond donors (Lipinski definition) is 1. The number of amides is 1. The van der Waals surface area contributed by atoms with Crippen molar-refractivity contribution in [2.24, 2.45) is 0 Å². The second-order valence-corrected chi connectivity index (χ2v) is 6.34. The van der Waals surface area contributed by atoms with Crippen molar-refractivity contribution in [3.8, 4) is 0 Å². The lowest BCUT2D eigenvalue weighted by Gasteiger charge is -2.27. The van der Waals surface area contributed by atoms with Crippen molar-refractivity contribution in [3.05, 3.63) is 89.2 Å². The van der Waals surface area contributed by atoms with Gasteiger partial charge in [-0.3, -0.25) is 14.7 Å². The smallest absolute Gasteiger partial charge is 0.260 e. The number of fused-ring (bicyclic) bond motifs is 1. The first kappa shape index (κ1) is 15.4. The first-order chi connectivity index (χ1) is 12.1. The van der Waals surface area contributed by atoms with E-state index in [0.717, 1.165) is 28.1 Å². The molecule has 1 N–H and O–H groups in total. The number of nitrogens with one attached hydrogen (secondary N) is 1. The largest absolute Gasteiger partial charge is 0.361 e. The fourth-order valence-electron chi connectivity index (χ4n) is 3.26. The molecule has 1 unspecified atom stereocenters. The minimum atomic E-state index is -0.256. The molecule has 1 aliphatic rings. The molecule has 4 heteroatoms. The average Bonchev–Trinajstić information content (AvgIpc) is 2.91. The number of hydrogen-bond acceptors (Lipinski definition) is 3. The summed E-state index contributed by atoms with van der Waals surface area (Å²) in [5.74, 6) is -0.00796. The summed E-state index contributed by atoms with van der Waals surface area (Å²) >= 11 is 0. The van der Waals surface area contributed by atoms with Gasteiger partial charge in [0.15, 0.2) is 0 Å². The Morgan fingerprint density at radius 2 is 1.88 bits per heavy atom. The third-order valence-corrected chi connectivity index (χ3v) is 4.57. The Morgan fingerprint density at radius 1 is 1.04 bits per heavy atom. The van der Waals surface area contributed by atoms with Crippen molar-refractivity contribution in [1.82, 2.24) is 4.98 Å². The Labute approximate surface area is 147 Å². The molecular formula is C21H19N3O. The summed E-state index contributed by atoms with van der Waals surface area (Å²) in [4.78, 5) is 19.0. The Morgan fingerprint density at radius 3 is 2.68 bits per heavy atom. The predicted molar refractivity (Wildman–Crippen MR) is 99.8 cm³/mol. The molecule has 0 radical (unpaired) electrons. The lowest BCUT2D eigenvalue weighted by atomic mass is 10.1. The van der Waals surface area contributed by atoms with Crippen molar-refractivity contribution in [1.29, 1.82) is 0 Å². The van der Waals surface area contributed by atoms with Crippen LogP contribution in [0.25, 0.3) is 0 Å². The molecule has 4 nitrogen and oxygen atoms in total. The van der Waals surface area contributed by atoms with Crippen LogP contribution in [-0.2, 0) is 0 Å². The van der Waals surface area contributed by atoms with Crippen LogP contribution in [0.3, 0.4) is 0 Å². The van der Waals surface area contributed by atoms with Gasteiger partial charge in [0.1, 0.15) is 6.17 Å². The van der Waals surface area contributed by atoms with Crippen LogP contribution in [0.1, 0.15) is 33.2 Å². The van der Waals surface area contributed by atoms with Crippen LogP contribution in [0.15, 0.2) is 67.0 Å². The Balaban J connectivity index is 1.81. The van der Waals surface area contributed by atoms with Gasteiger partial charge in [0, 0.05) is 23.0 Å². The molecule has 1 aliphatic heterocycles. The molecule has 0 spiro atoms. The topological polar surface area (TPSA) is 45.2 Å². The molecule has 0 aliphatic carbocycles. The van der Waals surface area contributed by atoms with Crippen LogP contribution < -0.4 is 10.2 Å². The van der Waals surface area contributed by atoms with Crippen LogP contribution in [0.5, 0.6) is 0 Å². The average molecular weight is 329 g/mol. The van der Waals surface area contributed by atoms with E-state index < -0.39 is 0 Å². The summed E-state index contributed by atoms with van der Waals surface area (Å²) in [6.45, 7) is 4.14. The molecule has 0 fully saturated rings. The van der Waals surface area contributed by atoms with E-state index in [-0.39, 0.29) is 12.1 Å². The second-order valence-electron chi connectivity index (χ2n) is 6.34. The zero-order valence-corrected chi connectivity index (χ0v) is 14.2. The molecule has 0 saturated carbocycles. The molecule has 2 aromatic carbocycles. The van der Waals surface area contributed by atoms with Crippen molar-refractivity contribution < 1.29 is 4.79 Å². The fourth-order valence-corrected chi connectivity index (χ4v) is 3.26. The van der Waals surface area contributed by atoms with Gasteiger partial charge in [0.2, 0.25) is 0 Å². The van der Waals surface area contributed by atoms with E-state index in [1.165, 1.54) is 5.56 Å². The quantitative estimate of drug-likeness (QED) is 0.771. The molecule has 3 aromatic rings. The normalized spacial score (nSPS) is 16.0. The third kappa shape index (κ3) is 2.66. The standard InChI is InChI=1S/C21H19N3O/c1-14-9-10-15(2)19(12-14)23-20-17-7-3-4-8-18(17)21(25)24(20)16-6-5-11-22-13-16/h3-13,20,23H,1-2H3. The lowest BCUT2D eigenvalue weighted by molar-refractivity contribution is 0.0993. The number of nitrogens with zero attached hydrogens (tertiary/aromatic N) is 2. The highest BCUT2D eigenvalue weighted by Gasteiger charge is 2.37. The van der Waals surface area contributed by atoms with Gasteiger partial charge in [-0.15, -0.1) is 0 Å². The Hall–Kier alpha value is -3.14. The number of aryl methyl sites for hydroxylation is 2. The van der Waals surface area contributed by atoms with Crippen LogP contribution in [0, 0.1) is 13.8 Å². The first-order valence-electron chi connectivity index (χ1n) is 8.31. The Kier molecular flexibility index (Phi) is 3.73. The monoisotopic (exact) mass is 329 g/mol. The van der Waals surface area contributed by atoms with Gasteiger partial charge in [-0.25, -0.2) is 0 Å². The van der Waals surface area contributed by atoms with E-state index >= 15 is 0 Å². The zero-order valence-electron chi connectivity index (χ0n) is 14.2. The van der Waals surface area contributed by atoms with E-state index in [4.69, 9.17) is 0 Å². The SMILES string of the molecule is Cc1ccc(C)c(NC2c3ccccc3C(=O)N2c2cccnc2)c1. The van der Waals surface area contributed by atoms with Crippen LogP contribution >= 0.6 is 0 Å². The van der Waals surface area contributed by atoms with Gasteiger partial charge in [0.05, 0.1) is 11.9 Å². The highest BCUT2D eigenvalue weighted by Crippen LogP contribution is 2.38. The maximum atomic E-state index is 13.0. The molecule has 4 rings (SSSR count). The van der Waals surface area contributed by atoms with Gasteiger partial charge >= 0.3 is 0 Å². The van der Waals surface area contributed by atoms with Crippen molar-refractivity contribution in [3.63, 3.8) is 0 Å². The van der Waals surface area contributed by atoms with E-state index in [1.54, 1.807) is 17.3 Å². The van der Waals surface area contributed by atoms with E-state index in [0.29, 0.717) is 0 Å². The highest BCUT2D eigenvalue weighted by atomic mass is 16.2. The number of rotatable bonds is 3. The summed E-state index contributed by atoms with van der Waals surface area (Å²) in [5.41, 5.74) is 5.86. The van der Waals surface area contributed by atoms with Gasteiger partial charge in [0.25, 0.3) is 5.91 Å². The van der Waals surface area contributed by atoms with Crippen LogP contribution in [-0.4, -0.2) is 10.9 Å². The molecule has 25 heavy (non-hydrogen) atoms. The summed E-state index contributed by atoms with van der Waals surface area (Å²) in [7, 11) is 0. The minimum Gasteiger partial charge on any atom is -0.361 e. The fraction of sp³-hybridized carbons (Fsp3) is 0.143. The molecule has 1 amide bonds. The van der Waals surface area contributed by atoms with Gasteiger partial charge in [-0.2, -0.15) is 0 Å². The summed E-state index contributed by atoms with van der Waals surface area (Å²) < 4.78 is 0. The zero-order chi connectivity index (χ0) is 17.4. The molecule has 1 aromatic heterocycles. The number of benzene rings is 2. The van der Waals surface area contributed by atoms with Crippen LogP contribution in [0.2, 0.25) is 0 Å². The number of carbonyl (C=O) groups is 1. The van der Waals surface area contributed by atoms with Gasteiger partial charge in [-0.1, -0.05) is 30.3 Å². The predicted octanol–water partition coefficient (Wildman–Crippen LogP) is 4.47. The summed E-state index contributed by atoms with van der Waals surface area (Å²) in [6.07, 6.45) is 3.18. The van der Waals surface area contributed by atoms with Gasteiger partial charge < -0.3 is 5.32 Å². The van der Waals surface area contributed by atoms with E-state index in [1.807, 2.05) is 36.4 Å². The lowest BCUT2D eigenvalue weighted by Crippen LogP contribution is -2.32. The number of aromatic nitrogens is 1. The molecule has 0 saturated heterocycles. The van der Waals surface area contributed by atoms with Crippen molar-refractivity contribution in [2.45, 2.75) is 20.0 Å². The highest BCUT2D eigenvalue weighted by molar-refractivity contribution is 6.11. The first-order valence-corrected chi connectivity index (χ1v) is 8.31. The number of anilines is 2. The summed E-state index contributed by atoms with van der Waals surface area (Å²) in [6, 6.07) is 17.8. The van der Waals surface area contributed by atoms with Crippen LogP contribution in [0.4, 0.5) is 11.4 Å². The van der Waals surface area contributed by atoms with E-state index in [2.05, 4.69) is 42.3 Å². The third-order valence-electron chi connectivity index (χ3n) is 4.57. The second kappa shape index (κ2) is 6.06. The van der Waals surface area contributed by atoms with E-state index in [9.17, 15) is 4.79 Å². The molecule has 1 atom stereocenters. The molecule has 2 heterocycles.